The number of likely N-dealkylation sites (N-methyl/N-ethyl adjacent to an activating group) is 1. The predicted octanol–water partition coefficient (Wildman–Crippen LogP) is 2.35. The van der Waals surface area contributed by atoms with Crippen molar-refractivity contribution in [1.82, 2.24) is 9.80 Å². The Balaban J connectivity index is 1.36. The molecule has 1 aromatic rings. The van der Waals surface area contributed by atoms with Crippen molar-refractivity contribution in [2.45, 2.75) is 63.1 Å². The standard InChI is InChI=1S/C21H30N2O3S/c1-15-5-3-4-6-20(15)16-11-19(12-16)23(17-7-8-17)21(24)13-22(2)18-9-10-27(25,26)14-18/h3-6,16-19H,7-14H2,1-2H3. The fourth-order valence-electron chi connectivity index (χ4n) is 4.72. The molecular weight excluding hydrogens is 360 g/mol. The van der Waals surface area contributed by atoms with Crippen LogP contribution in [0.3, 0.4) is 0 Å². The van der Waals surface area contributed by atoms with Crippen LogP contribution in [0.4, 0.5) is 0 Å². The fourth-order valence-corrected chi connectivity index (χ4v) is 6.52. The quantitative estimate of drug-likeness (QED) is 0.748. The van der Waals surface area contributed by atoms with E-state index >= 15 is 0 Å². The lowest BCUT2D eigenvalue weighted by Crippen LogP contribution is -2.52. The van der Waals surface area contributed by atoms with E-state index in [1.807, 2.05) is 11.9 Å². The molecule has 6 heteroatoms. The third-order valence-electron chi connectivity index (χ3n) is 6.58. The average molecular weight is 391 g/mol. The van der Waals surface area contributed by atoms with Crippen LogP contribution in [0, 0.1) is 6.92 Å². The second kappa shape index (κ2) is 7.21. The van der Waals surface area contributed by atoms with Gasteiger partial charge in [0.2, 0.25) is 5.91 Å². The second-order valence-corrected chi connectivity index (χ2v) is 10.9. The van der Waals surface area contributed by atoms with Crippen molar-refractivity contribution in [3.8, 4) is 0 Å². The molecule has 3 aliphatic rings. The Labute approximate surface area is 162 Å². The Morgan fingerprint density at radius 1 is 1.07 bits per heavy atom. The van der Waals surface area contributed by atoms with Crippen molar-refractivity contribution in [3.05, 3.63) is 35.4 Å². The molecule has 1 aromatic carbocycles. The largest absolute Gasteiger partial charge is 0.336 e. The second-order valence-electron chi connectivity index (χ2n) is 8.68. The Hall–Kier alpha value is -1.40. The van der Waals surface area contributed by atoms with Crippen molar-refractivity contribution in [3.63, 3.8) is 0 Å². The highest BCUT2D eigenvalue weighted by atomic mass is 32.2. The van der Waals surface area contributed by atoms with E-state index in [2.05, 4.69) is 36.1 Å². The van der Waals surface area contributed by atoms with Gasteiger partial charge in [0.05, 0.1) is 18.1 Å². The van der Waals surface area contributed by atoms with Gasteiger partial charge in [-0.15, -0.1) is 0 Å². The molecule has 1 aliphatic heterocycles. The third-order valence-corrected chi connectivity index (χ3v) is 8.33. The van der Waals surface area contributed by atoms with Crippen molar-refractivity contribution in [1.29, 1.82) is 0 Å². The molecule has 0 bridgehead atoms. The molecule has 1 heterocycles. The monoisotopic (exact) mass is 390 g/mol. The normalized spacial score (nSPS) is 29.5. The molecule has 2 aliphatic carbocycles. The van der Waals surface area contributed by atoms with E-state index in [0.29, 0.717) is 31.0 Å². The van der Waals surface area contributed by atoms with Crippen molar-refractivity contribution >= 4 is 15.7 Å². The van der Waals surface area contributed by atoms with E-state index in [4.69, 9.17) is 0 Å². The number of sulfone groups is 1. The zero-order valence-corrected chi connectivity index (χ0v) is 17.1. The summed E-state index contributed by atoms with van der Waals surface area (Å²) >= 11 is 0. The summed E-state index contributed by atoms with van der Waals surface area (Å²) in [6, 6.07) is 9.29. The number of hydrogen-bond donors (Lipinski definition) is 0. The first-order valence-electron chi connectivity index (χ1n) is 10.1. The predicted molar refractivity (Wildman–Crippen MR) is 106 cm³/mol. The first-order valence-corrected chi connectivity index (χ1v) is 11.9. The van der Waals surface area contributed by atoms with E-state index in [0.717, 1.165) is 25.7 Å². The molecule has 0 N–H and O–H groups in total. The van der Waals surface area contributed by atoms with Gasteiger partial charge in [0.1, 0.15) is 0 Å². The van der Waals surface area contributed by atoms with Crippen LogP contribution in [0.5, 0.6) is 0 Å². The van der Waals surface area contributed by atoms with E-state index in [1.165, 1.54) is 11.1 Å². The minimum atomic E-state index is -2.92. The zero-order valence-electron chi connectivity index (χ0n) is 16.3. The van der Waals surface area contributed by atoms with Gasteiger partial charge < -0.3 is 4.90 Å². The van der Waals surface area contributed by atoms with Gasteiger partial charge in [-0.1, -0.05) is 24.3 Å². The van der Waals surface area contributed by atoms with Crippen LogP contribution in [0.15, 0.2) is 24.3 Å². The molecule has 0 aromatic heterocycles. The van der Waals surface area contributed by atoms with Gasteiger partial charge in [-0.2, -0.15) is 0 Å². The van der Waals surface area contributed by atoms with Crippen LogP contribution >= 0.6 is 0 Å². The van der Waals surface area contributed by atoms with Crippen LogP contribution in [-0.4, -0.2) is 67.3 Å². The smallest absolute Gasteiger partial charge is 0.237 e. The summed E-state index contributed by atoms with van der Waals surface area (Å²) in [7, 11) is -1.02. The number of amides is 1. The number of carbonyl (C=O) groups is 1. The summed E-state index contributed by atoms with van der Waals surface area (Å²) in [6.07, 6.45) is 4.97. The number of carbonyl (C=O) groups excluding carboxylic acids is 1. The number of benzene rings is 1. The average Bonchev–Trinajstić information content (AvgIpc) is 3.33. The molecule has 0 spiro atoms. The van der Waals surface area contributed by atoms with Gasteiger partial charge in [0.15, 0.2) is 9.84 Å². The van der Waals surface area contributed by atoms with Crippen molar-refractivity contribution in [2.75, 3.05) is 25.1 Å². The first-order chi connectivity index (χ1) is 12.8. The molecule has 1 unspecified atom stereocenters. The van der Waals surface area contributed by atoms with E-state index in [9.17, 15) is 13.2 Å². The topological polar surface area (TPSA) is 57.7 Å². The summed E-state index contributed by atoms with van der Waals surface area (Å²) in [5.74, 6) is 1.18. The lowest BCUT2D eigenvalue weighted by Gasteiger charge is -2.44. The minimum absolute atomic E-state index is 0.0129. The molecule has 1 amide bonds. The molecule has 1 saturated heterocycles. The molecule has 5 nitrogen and oxygen atoms in total. The number of hydrogen-bond acceptors (Lipinski definition) is 4. The molecule has 27 heavy (non-hydrogen) atoms. The Morgan fingerprint density at radius 2 is 1.78 bits per heavy atom. The maximum atomic E-state index is 13.0. The third kappa shape index (κ3) is 4.06. The van der Waals surface area contributed by atoms with Crippen LogP contribution < -0.4 is 0 Å². The Morgan fingerprint density at radius 3 is 2.37 bits per heavy atom. The van der Waals surface area contributed by atoms with Crippen molar-refractivity contribution < 1.29 is 13.2 Å². The van der Waals surface area contributed by atoms with Crippen LogP contribution in [-0.2, 0) is 14.6 Å². The number of aryl methyl sites for hydroxylation is 1. The molecule has 4 rings (SSSR count). The summed E-state index contributed by atoms with van der Waals surface area (Å²) < 4.78 is 23.4. The van der Waals surface area contributed by atoms with Gasteiger partial charge >= 0.3 is 0 Å². The summed E-state index contributed by atoms with van der Waals surface area (Å²) in [4.78, 5) is 17.1. The van der Waals surface area contributed by atoms with Crippen LogP contribution in [0.25, 0.3) is 0 Å². The highest BCUT2D eigenvalue weighted by Crippen LogP contribution is 2.44. The first kappa shape index (κ1) is 18.9. The maximum Gasteiger partial charge on any atom is 0.237 e. The molecule has 0 radical (unpaired) electrons. The van der Waals surface area contributed by atoms with Crippen molar-refractivity contribution in [2.24, 2.45) is 0 Å². The van der Waals surface area contributed by atoms with E-state index < -0.39 is 9.84 Å². The van der Waals surface area contributed by atoms with Gasteiger partial charge in [-0.25, -0.2) is 8.42 Å². The molecule has 148 valence electrons. The van der Waals surface area contributed by atoms with Gasteiger partial charge in [-0.05, 0) is 63.1 Å². The van der Waals surface area contributed by atoms with E-state index in [-0.39, 0.29) is 23.5 Å². The van der Waals surface area contributed by atoms with Crippen LogP contribution in [0.2, 0.25) is 0 Å². The highest BCUT2D eigenvalue weighted by Gasteiger charge is 2.44. The lowest BCUT2D eigenvalue weighted by molar-refractivity contribution is -0.137. The molecule has 2 saturated carbocycles. The summed E-state index contributed by atoms with van der Waals surface area (Å²) in [5, 5.41) is 0. The molecule has 3 fully saturated rings. The summed E-state index contributed by atoms with van der Waals surface area (Å²) in [6.45, 7) is 2.50. The molecular formula is C21H30N2O3S. The Kier molecular flexibility index (Phi) is 5.06. The maximum absolute atomic E-state index is 13.0. The minimum Gasteiger partial charge on any atom is -0.336 e. The SMILES string of the molecule is Cc1ccccc1C1CC(N(C(=O)CN(C)C2CCS(=O)(=O)C2)C2CC2)C1. The van der Waals surface area contributed by atoms with Gasteiger partial charge in [0, 0.05) is 18.1 Å². The fraction of sp³-hybridized carbons (Fsp3) is 0.667. The van der Waals surface area contributed by atoms with Gasteiger partial charge in [0.25, 0.3) is 0 Å². The zero-order chi connectivity index (χ0) is 19.2. The lowest BCUT2D eigenvalue weighted by atomic mass is 9.73. The van der Waals surface area contributed by atoms with E-state index in [1.54, 1.807) is 0 Å². The number of rotatable bonds is 6. The summed E-state index contributed by atoms with van der Waals surface area (Å²) in [5.41, 5.74) is 2.76. The van der Waals surface area contributed by atoms with Gasteiger partial charge in [-0.3, -0.25) is 9.69 Å². The Bertz CT molecular complexity index is 812. The highest BCUT2D eigenvalue weighted by molar-refractivity contribution is 7.91. The van der Waals surface area contributed by atoms with Crippen LogP contribution in [0.1, 0.15) is 49.1 Å². The molecule has 1 atom stereocenters. The number of nitrogens with zero attached hydrogens (tertiary/aromatic N) is 2.